The molecule has 0 fully saturated rings. The molecule has 0 saturated heterocycles. The van der Waals surface area contributed by atoms with E-state index in [1.165, 1.54) is 16.7 Å². The Bertz CT molecular complexity index is 651. The van der Waals surface area contributed by atoms with E-state index in [0.717, 1.165) is 31.9 Å². The van der Waals surface area contributed by atoms with E-state index >= 15 is 0 Å². The molecule has 0 radical (unpaired) electrons. The zero-order chi connectivity index (χ0) is 18.6. The fraction of sp³-hybridized carbons (Fsp3) is 0.409. The van der Waals surface area contributed by atoms with E-state index in [0.29, 0.717) is 6.61 Å². The molecular formula is C22H31N3O. The lowest BCUT2D eigenvalue weighted by atomic mass is 10.1. The summed E-state index contributed by atoms with van der Waals surface area (Å²) in [5.74, 6) is 0.838. The highest BCUT2D eigenvalue weighted by Crippen LogP contribution is 2.07. The van der Waals surface area contributed by atoms with E-state index in [-0.39, 0.29) is 6.10 Å². The summed E-state index contributed by atoms with van der Waals surface area (Å²) in [4.78, 5) is 4.29. The molecule has 2 aromatic rings. The first-order valence-electron chi connectivity index (χ1n) is 9.35. The van der Waals surface area contributed by atoms with E-state index in [1.54, 1.807) is 7.05 Å². The quantitative estimate of drug-likeness (QED) is 0.408. The summed E-state index contributed by atoms with van der Waals surface area (Å²) in [5, 5.41) is 6.73. The van der Waals surface area contributed by atoms with Crippen LogP contribution in [0.1, 0.15) is 37.0 Å². The predicted molar refractivity (Wildman–Crippen MR) is 109 cm³/mol. The topological polar surface area (TPSA) is 45.7 Å². The maximum atomic E-state index is 5.63. The first-order chi connectivity index (χ1) is 12.7. The summed E-state index contributed by atoms with van der Waals surface area (Å²) < 4.78 is 5.63. The van der Waals surface area contributed by atoms with Crippen LogP contribution in [0.3, 0.4) is 0 Å². The highest BCUT2D eigenvalue weighted by atomic mass is 16.5. The van der Waals surface area contributed by atoms with Gasteiger partial charge in [0.15, 0.2) is 5.96 Å². The highest BCUT2D eigenvalue weighted by Gasteiger charge is 2.00. The van der Waals surface area contributed by atoms with Crippen LogP contribution in [0.4, 0.5) is 0 Å². The molecule has 2 rings (SSSR count). The Kier molecular flexibility index (Phi) is 8.70. The zero-order valence-corrected chi connectivity index (χ0v) is 16.2. The SMILES string of the molecule is CN=C(NCCCc1ccccc1)NCc1ccc(COC(C)C)cc1. The molecule has 0 aliphatic heterocycles. The number of rotatable bonds is 9. The smallest absolute Gasteiger partial charge is 0.191 e. The first kappa shape index (κ1) is 20.0. The Morgan fingerprint density at radius 1 is 0.923 bits per heavy atom. The second kappa shape index (κ2) is 11.3. The monoisotopic (exact) mass is 353 g/mol. The van der Waals surface area contributed by atoms with Gasteiger partial charge in [-0.2, -0.15) is 0 Å². The van der Waals surface area contributed by atoms with Crippen LogP contribution in [-0.4, -0.2) is 25.7 Å². The van der Waals surface area contributed by atoms with Crippen molar-refractivity contribution in [1.82, 2.24) is 10.6 Å². The van der Waals surface area contributed by atoms with Gasteiger partial charge in [-0.25, -0.2) is 0 Å². The molecule has 4 heteroatoms. The maximum absolute atomic E-state index is 5.63. The van der Waals surface area contributed by atoms with Gasteiger partial charge in [-0.3, -0.25) is 4.99 Å². The number of hydrogen-bond acceptors (Lipinski definition) is 2. The normalized spacial score (nSPS) is 11.6. The van der Waals surface area contributed by atoms with Crippen LogP contribution in [0.15, 0.2) is 59.6 Å². The summed E-state index contributed by atoms with van der Waals surface area (Å²) in [6.07, 6.45) is 2.41. The van der Waals surface area contributed by atoms with Crippen molar-refractivity contribution in [3.05, 3.63) is 71.3 Å². The number of nitrogens with one attached hydrogen (secondary N) is 2. The van der Waals surface area contributed by atoms with Crippen LogP contribution in [-0.2, 0) is 24.3 Å². The molecule has 0 atom stereocenters. The van der Waals surface area contributed by atoms with Gasteiger partial charge in [-0.05, 0) is 43.4 Å². The van der Waals surface area contributed by atoms with Gasteiger partial charge >= 0.3 is 0 Å². The standard InChI is InChI=1S/C22H31N3O/c1-18(2)26-17-21-13-11-20(12-14-21)16-25-22(23-3)24-15-7-10-19-8-5-4-6-9-19/h4-6,8-9,11-14,18H,7,10,15-17H2,1-3H3,(H2,23,24,25). The predicted octanol–water partition coefficient (Wildman–Crippen LogP) is 3.91. The molecule has 0 unspecified atom stereocenters. The molecule has 0 heterocycles. The van der Waals surface area contributed by atoms with Crippen LogP contribution in [0.5, 0.6) is 0 Å². The van der Waals surface area contributed by atoms with Crippen molar-refractivity contribution >= 4 is 5.96 Å². The van der Waals surface area contributed by atoms with Gasteiger partial charge in [0.1, 0.15) is 0 Å². The molecule has 0 saturated carbocycles. The third kappa shape index (κ3) is 7.70. The van der Waals surface area contributed by atoms with E-state index < -0.39 is 0 Å². The molecule has 0 aromatic heterocycles. The van der Waals surface area contributed by atoms with Crippen LogP contribution in [0, 0.1) is 0 Å². The number of aliphatic imine (C=N–C) groups is 1. The van der Waals surface area contributed by atoms with Crippen molar-refractivity contribution in [2.75, 3.05) is 13.6 Å². The lowest BCUT2D eigenvalue weighted by Crippen LogP contribution is -2.37. The summed E-state index contributed by atoms with van der Waals surface area (Å²) in [5.41, 5.74) is 3.80. The van der Waals surface area contributed by atoms with Gasteiger partial charge < -0.3 is 15.4 Å². The van der Waals surface area contributed by atoms with Gasteiger partial charge in [0.2, 0.25) is 0 Å². The molecule has 0 bridgehead atoms. The van der Waals surface area contributed by atoms with Crippen LogP contribution >= 0.6 is 0 Å². The van der Waals surface area contributed by atoms with Gasteiger partial charge in [0, 0.05) is 20.1 Å². The molecule has 0 spiro atoms. The average molecular weight is 354 g/mol. The van der Waals surface area contributed by atoms with Crippen LogP contribution < -0.4 is 10.6 Å². The summed E-state index contributed by atoms with van der Waals surface area (Å²) >= 11 is 0. The van der Waals surface area contributed by atoms with E-state index in [4.69, 9.17) is 4.74 Å². The van der Waals surface area contributed by atoms with E-state index in [2.05, 4.69) is 84.1 Å². The molecule has 4 nitrogen and oxygen atoms in total. The minimum Gasteiger partial charge on any atom is -0.374 e. The molecule has 0 aliphatic carbocycles. The lowest BCUT2D eigenvalue weighted by molar-refractivity contribution is 0.0657. The van der Waals surface area contributed by atoms with Crippen molar-refractivity contribution in [1.29, 1.82) is 0 Å². The van der Waals surface area contributed by atoms with Crippen molar-refractivity contribution in [2.24, 2.45) is 4.99 Å². The third-order valence-electron chi connectivity index (χ3n) is 4.07. The number of ether oxygens (including phenoxy) is 1. The molecule has 0 amide bonds. The summed E-state index contributed by atoms with van der Waals surface area (Å²) in [7, 11) is 1.80. The van der Waals surface area contributed by atoms with Gasteiger partial charge in [-0.15, -0.1) is 0 Å². The molecule has 140 valence electrons. The van der Waals surface area contributed by atoms with Crippen molar-refractivity contribution < 1.29 is 4.74 Å². The minimum atomic E-state index is 0.257. The zero-order valence-electron chi connectivity index (χ0n) is 16.2. The lowest BCUT2D eigenvalue weighted by Gasteiger charge is -2.12. The molecule has 2 aromatic carbocycles. The van der Waals surface area contributed by atoms with Crippen molar-refractivity contribution in [3.63, 3.8) is 0 Å². The Morgan fingerprint density at radius 2 is 1.62 bits per heavy atom. The summed E-state index contributed by atoms with van der Waals surface area (Å²) in [6, 6.07) is 19.1. The molecule has 2 N–H and O–H groups in total. The number of aryl methyl sites for hydroxylation is 1. The van der Waals surface area contributed by atoms with Crippen molar-refractivity contribution in [3.8, 4) is 0 Å². The Balaban J connectivity index is 1.68. The molecule has 0 aliphatic rings. The average Bonchev–Trinajstić information content (AvgIpc) is 2.67. The largest absolute Gasteiger partial charge is 0.374 e. The van der Waals surface area contributed by atoms with Crippen LogP contribution in [0.2, 0.25) is 0 Å². The Hall–Kier alpha value is -2.33. The molecule has 26 heavy (non-hydrogen) atoms. The Labute approximate surface area is 157 Å². The number of benzene rings is 2. The van der Waals surface area contributed by atoms with Gasteiger partial charge in [0.25, 0.3) is 0 Å². The minimum absolute atomic E-state index is 0.257. The first-order valence-corrected chi connectivity index (χ1v) is 9.35. The van der Waals surface area contributed by atoms with Gasteiger partial charge in [0.05, 0.1) is 12.7 Å². The third-order valence-corrected chi connectivity index (χ3v) is 4.07. The fourth-order valence-corrected chi connectivity index (χ4v) is 2.57. The van der Waals surface area contributed by atoms with E-state index in [1.807, 2.05) is 0 Å². The van der Waals surface area contributed by atoms with E-state index in [9.17, 15) is 0 Å². The number of nitrogens with zero attached hydrogens (tertiary/aromatic N) is 1. The van der Waals surface area contributed by atoms with Gasteiger partial charge in [-0.1, -0.05) is 54.6 Å². The fourth-order valence-electron chi connectivity index (χ4n) is 2.57. The summed E-state index contributed by atoms with van der Waals surface area (Å²) in [6.45, 7) is 6.42. The maximum Gasteiger partial charge on any atom is 0.191 e. The number of guanidine groups is 1. The Morgan fingerprint density at radius 3 is 2.27 bits per heavy atom. The second-order valence-electron chi connectivity index (χ2n) is 6.62. The second-order valence-corrected chi connectivity index (χ2v) is 6.62. The highest BCUT2D eigenvalue weighted by molar-refractivity contribution is 5.79. The van der Waals surface area contributed by atoms with Crippen molar-refractivity contribution in [2.45, 2.75) is 45.9 Å². The molecular weight excluding hydrogens is 322 g/mol. The number of hydrogen-bond donors (Lipinski definition) is 2. The van der Waals surface area contributed by atoms with Crippen LogP contribution in [0.25, 0.3) is 0 Å².